The lowest BCUT2D eigenvalue weighted by Crippen LogP contribution is -2.64. The normalized spacial score (nSPS) is 17.1. The Kier molecular flexibility index (Phi) is 6.33. The van der Waals surface area contributed by atoms with Crippen molar-refractivity contribution in [1.29, 1.82) is 0 Å². The highest BCUT2D eigenvalue weighted by Gasteiger charge is 2.49. The Morgan fingerprint density at radius 1 is 1.14 bits per heavy atom. The summed E-state index contributed by atoms with van der Waals surface area (Å²) in [6, 6.07) is 20.6. The Morgan fingerprint density at radius 2 is 1.86 bits per heavy atom. The number of ether oxygens (including phenoxy) is 1. The van der Waals surface area contributed by atoms with Gasteiger partial charge in [-0.15, -0.1) is 0 Å². The van der Waals surface area contributed by atoms with Crippen LogP contribution >= 0.6 is 0 Å². The molecule has 0 aliphatic carbocycles. The number of nitrogens with zero attached hydrogens (tertiary/aromatic N) is 3. The van der Waals surface area contributed by atoms with Gasteiger partial charge in [-0.25, -0.2) is 0 Å². The summed E-state index contributed by atoms with van der Waals surface area (Å²) in [5, 5.41) is 7.63. The molecular formula is C29H30N4O4. The monoisotopic (exact) mass is 498 g/mol. The van der Waals surface area contributed by atoms with Crippen LogP contribution in [0.4, 0.5) is 5.69 Å². The number of amides is 2. The minimum absolute atomic E-state index is 0.190. The van der Waals surface area contributed by atoms with Crippen LogP contribution in [0.3, 0.4) is 0 Å². The Balaban J connectivity index is 1.50. The van der Waals surface area contributed by atoms with Crippen LogP contribution in [0, 0.1) is 0 Å². The quantitative estimate of drug-likeness (QED) is 0.387. The van der Waals surface area contributed by atoms with E-state index in [1.165, 1.54) is 0 Å². The van der Waals surface area contributed by atoms with Crippen molar-refractivity contribution >= 4 is 17.5 Å². The fourth-order valence-corrected chi connectivity index (χ4v) is 4.66. The van der Waals surface area contributed by atoms with Gasteiger partial charge in [-0.2, -0.15) is 5.10 Å². The van der Waals surface area contributed by atoms with Gasteiger partial charge in [0.05, 0.1) is 19.9 Å². The number of fused-ring (bicyclic) bond motifs is 1. The van der Waals surface area contributed by atoms with Gasteiger partial charge in [0.1, 0.15) is 22.7 Å². The molecule has 8 nitrogen and oxygen atoms in total. The molecule has 1 aliphatic rings. The van der Waals surface area contributed by atoms with Gasteiger partial charge in [0, 0.05) is 18.3 Å². The van der Waals surface area contributed by atoms with E-state index >= 15 is 0 Å². The maximum Gasteiger partial charge on any atom is 0.277 e. The minimum Gasteiger partial charge on any atom is -0.497 e. The van der Waals surface area contributed by atoms with Crippen molar-refractivity contribution in [2.45, 2.75) is 45.3 Å². The molecule has 3 heterocycles. The van der Waals surface area contributed by atoms with Gasteiger partial charge in [-0.3, -0.25) is 19.2 Å². The smallest absolute Gasteiger partial charge is 0.277 e. The summed E-state index contributed by atoms with van der Waals surface area (Å²) in [6.07, 6.45) is 1.56. The van der Waals surface area contributed by atoms with E-state index in [-0.39, 0.29) is 18.4 Å². The first kappa shape index (κ1) is 24.4. The predicted molar refractivity (Wildman–Crippen MR) is 141 cm³/mol. The van der Waals surface area contributed by atoms with E-state index in [2.05, 4.69) is 24.3 Å². The summed E-state index contributed by atoms with van der Waals surface area (Å²) in [7, 11) is 1.61. The van der Waals surface area contributed by atoms with Gasteiger partial charge >= 0.3 is 0 Å². The second kappa shape index (κ2) is 9.61. The van der Waals surface area contributed by atoms with Crippen molar-refractivity contribution in [3.05, 3.63) is 89.8 Å². The molecule has 1 aliphatic heterocycles. The lowest BCUT2D eigenvalue weighted by Gasteiger charge is -2.43. The number of methoxy groups -OCH3 is 1. The van der Waals surface area contributed by atoms with Crippen molar-refractivity contribution in [3.8, 4) is 17.2 Å². The first-order valence-electron chi connectivity index (χ1n) is 12.3. The highest BCUT2D eigenvalue weighted by Crippen LogP contribution is 2.35. The highest BCUT2D eigenvalue weighted by atomic mass is 16.5. The van der Waals surface area contributed by atoms with Crippen LogP contribution in [0.15, 0.2) is 77.4 Å². The lowest BCUT2D eigenvalue weighted by molar-refractivity contribution is -0.126. The average molecular weight is 499 g/mol. The van der Waals surface area contributed by atoms with Crippen molar-refractivity contribution in [3.63, 3.8) is 0 Å². The van der Waals surface area contributed by atoms with Gasteiger partial charge < -0.3 is 14.5 Å². The number of hydrogen-bond donors (Lipinski definition) is 1. The number of nitrogens with one attached hydrogen (secondary N) is 1. The number of rotatable bonds is 7. The number of furan rings is 1. The van der Waals surface area contributed by atoms with Crippen molar-refractivity contribution in [2.75, 3.05) is 12.0 Å². The SMILES string of the molecule is COc1ccc(CNC(=O)[C@@]2(C)Cn3nc(-c4ccco4)cc3C(=O)N2c2ccc(C(C)C)cc2)cc1. The molecule has 0 radical (unpaired) electrons. The molecule has 37 heavy (non-hydrogen) atoms. The van der Waals surface area contributed by atoms with Crippen molar-refractivity contribution in [1.82, 2.24) is 15.1 Å². The number of benzene rings is 2. The highest BCUT2D eigenvalue weighted by molar-refractivity contribution is 6.12. The molecule has 4 aromatic rings. The predicted octanol–water partition coefficient (Wildman–Crippen LogP) is 5.01. The number of aromatic nitrogens is 2. The van der Waals surface area contributed by atoms with E-state index in [1.807, 2.05) is 48.5 Å². The molecule has 0 saturated carbocycles. The van der Waals surface area contributed by atoms with E-state index in [4.69, 9.17) is 9.15 Å². The van der Waals surface area contributed by atoms with Crippen LogP contribution in [0.1, 0.15) is 48.3 Å². The molecule has 1 atom stereocenters. The van der Waals surface area contributed by atoms with Crippen LogP contribution in [-0.4, -0.2) is 34.2 Å². The molecular weight excluding hydrogens is 468 g/mol. The van der Waals surface area contributed by atoms with E-state index in [0.29, 0.717) is 35.3 Å². The molecule has 1 N–H and O–H groups in total. The van der Waals surface area contributed by atoms with Gasteiger partial charge in [-0.1, -0.05) is 38.1 Å². The summed E-state index contributed by atoms with van der Waals surface area (Å²) < 4.78 is 12.3. The number of carbonyl (C=O) groups is 2. The third-order valence-corrected chi connectivity index (χ3v) is 6.85. The van der Waals surface area contributed by atoms with Crippen molar-refractivity contribution in [2.24, 2.45) is 0 Å². The van der Waals surface area contributed by atoms with Crippen LogP contribution in [0.5, 0.6) is 5.75 Å². The minimum atomic E-state index is -1.22. The van der Waals surface area contributed by atoms with Crippen LogP contribution in [0.2, 0.25) is 0 Å². The molecule has 0 fully saturated rings. The maximum atomic E-state index is 13.9. The molecule has 5 rings (SSSR count). The maximum absolute atomic E-state index is 13.9. The Labute approximate surface area is 215 Å². The van der Waals surface area contributed by atoms with E-state index in [9.17, 15) is 9.59 Å². The lowest BCUT2D eigenvalue weighted by atomic mass is 9.93. The molecule has 8 heteroatoms. The summed E-state index contributed by atoms with van der Waals surface area (Å²) in [5.41, 5.74) is 2.47. The fourth-order valence-electron chi connectivity index (χ4n) is 4.66. The molecule has 0 saturated heterocycles. The molecule has 0 unspecified atom stereocenters. The topological polar surface area (TPSA) is 89.6 Å². The average Bonchev–Trinajstić information content (AvgIpc) is 3.58. The zero-order chi connectivity index (χ0) is 26.2. The molecule has 190 valence electrons. The van der Waals surface area contributed by atoms with Gasteiger partial charge in [0.15, 0.2) is 5.76 Å². The fraction of sp³-hybridized carbons (Fsp3) is 0.276. The number of carbonyl (C=O) groups excluding carboxylic acids is 2. The standard InChI is InChI=1S/C29H30N4O4/c1-19(2)21-9-11-22(12-10-21)33-27(34)25-16-24(26-6-5-15-37-26)31-32(25)18-29(33,3)28(35)30-17-20-7-13-23(36-4)14-8-20/h5-16,19H,17-18H2,1-4H3,(H,30,35)/t29-/m1/s1. The van der Waals surface area contributed by atoms with Gasteiger partial charge in [-0.05, 0) is 60.4 Å². The molecule has 2 amide bonds. The largest absolute Gasteiger partial charge is 0.497 e. The number of hydrogen-bond acceptors (Lipinski definition) is 5. The van der Waals surface area contributed by atoms with Crippen LogP contribution < -0.4 is 15.0 Å². The third-order valence-electron chi connectivity index (χ3n) is 6.85. The second-order valence-electron chi connectivity index (χ2n) is 9.74. The summed E-state index contributed by atoms with van der Waals surface area (Å²) in [5.74, 6) is 1.09. The molecule has 2 aromatic heterocycles. The first-order chi connectivity index (χ1) is 17.8. The molecule has 2 aromatic carbocycles. The Bertz CT molecular complexity index is 1410. The zero-order valence-corrected chi connectivity index (χ0v) is 21.4. The van der Waals surface area contributed by atoms with Gasteiger partial charge in [0.25, 0.3) is 5.91 Å². The zero-order valence-electron chi connectivity index (χ0n) is 21.4. The van der Waals surface area contributed by atoms with E-state index in [0.717, 1.165) is 16.9 Å². The van der Waals surface area contributed by atoms with Crippen LogP contribution in [0.25, 0.3) is 11.5 Å². The Morgan fingerprint density at radius 3 is 2.49 bits per heavy atom. The van der Waals surface area contributed by atoms with E-state index < -0.39 is 5.54 Å². The third kappa shape index (κ3) is 4.50. The van der Waals surface area contributed by atoms with Gasteiger partial charge in [0.2, 0.25) is 5.91 Å². The first-order valence-corrected chi connectivity index (χ1v) is 12.3. The summed E-state index contributed by atoms with van der Waals surface area (Å²) in [4.78, 5) is 29.3. The van der Waals surface area contributed by atoms with E-state index in [1.54, 1.807) is 48.1 Å². The summed E-state index contributed by atoms with van der Waals surface area (Å²) in [6.45, 7) is 6.52. The van der Waals surface area contributed by atoms with Crippen LogP contribution in [-0.2, 0) is 17.9 Å². The molecule has 0 bridgehead atoms. The molecule has 0 spiro atoms. The van der Waals surface area contributed by atoms with Crippen molar-refractivity contribution < 1.29 is 18.7 Å². The number of anilines is 1. The Hall–Kier alpha value is -4.33. The summed E-state index contributed by atoms with van der Waals surface area (Å²) >= 11 is 0. The second-order valence-corrected chi connectivity index (χ2v) is 9.74.